The van der Waals surface area contributed by atoms with Gasteiger partial charge in [-0.2, -0.15) is 0 Å². The van der Waals surface area contributed by atoms with E-state index in [2.05, 4.69) is 176 Å². The molecule has 202 valence electrons. The summed E-state index contributed by atoms with van der Waals surface area (Å²) in [5.74, 6) is 0.484. The van der Waals surface area contributed by atoms with Gasteiger partial charge in [0.2, 0.25) is 0 Å². The van der Waals surface area contributed by atoms with Gasteiger partial charge in [-0.05, 0) is 40.1 Å². The molecule has 41 heavy (non-hydrogen) atoms. The van der Waals surface area contributed by atoms with Gasteiger partial charge in [0.25, 0.3) is 0 Å². The number of benzene rings is 5. The van der Waals surface area contributed by atoms with Gasteiger partial charge in [-0.25, -0.2) is 4.98 Å². The highest BCUT2D eigenvalue weighted by molar-refractivity contribution is 6.57. The second-order valence-electron chi connectivity index (χ2n) is 10.5. The maximum Gasteiger partial charge on any atom is 0.116 e. The summed E-state index contributed by atoms with van der Waals surface area (Å²) in [4.78, 5) is 4.40. The van der Waals surface area contributed by atoms with Gasteiger partial charge in [0.1, 0.15) is 7.85 Å². The van der Waals surface area contributed by atoms with Crippen LogP contribution in [0.4, 0.5) is 0 Å². The van der Waals surface area contributed by atoms with Crippen molar-refractivity contribution in [3.63, 3.8) is 0 Å². The molecule has 2 nitrogen and oxygen atoms in total. The number of nitrogens with zero attached hydrogens (tertiary/aromatic N) is 2. The van der Waals surface area contributed by atoms with Crippen LogP contribution in [0.25, 0.3) is 0 Å². The monoisotopic (exact) mass is 548 g/mol. The largest absolute Gasteiger partial charge is 0.326 e. The second kappa shape index (κ2) is 13.8. The van der Waals surface area contributed by atoms with Crippen molar-refractivity contribution in [2.75, 3.05) is 0 Å². The zero-order valence-electron chi connectivity index (χ0n) is 24.0. The Bertz CT molecular complexity index is 1510. The average Bonchev–Trinajstić information content (AvgIpc) is 3.61. The summed E-state index contributed by atoms with van der Waals surface area (Å²) in [5.41, 5.74) is 6.79. The summed E-state index contributed by atoms with van der Waals surface area (Å²) < 4.78 is 2.31. The van der Waals surface area contributed by atoms with Crippen LogP contribution in [0.15, 0.2) is 164 Å². The van der Waals surface area contributed by atoms with Crippen LogP contribution in [0.3, 0.4) is 0 Å². The minimum Gasteiger partial charge on any atom is -0.326 e. The molecule has 1 aromatic heterocycles. The molecule has 0 N–H and O–H groups in total. The zero-order chi connectivity index (χ0) is 28.3. The van der Waals surface area contributed by atoms with E-state index >= 15 is 0 Å². The van der Waals surface area contributed by atoms with Gasteiger partial charge in [0.05, 0.1) is 21.0 Å². The summed E-state index contributed by atoms with van der Waals surface area (Å²) in [6, 6.07) is 52.1. The van der Waals surface area contributed by atoms with E-state index < -0.39 is 9.52 Å². The van der Waals surface area contributed by atoms with E-state index in [-0.39, 0.29) is 5.16 Å². The van der Waals surface area contributed by atoms with Crippen LogP contribution < -0.4 is 5.19 Å². The molecule has 4 heteroatoms. The molecule has 0 saturated heterocycles. The van der Waals surface area contributed by atoms with E-state index in [1.165, 1.54) is 33.0 Å². The molecule has 6 aromatic rings. The molecule has 0 atom stereocenters. The van der Waals surface area contributed by atoms with Gasteiger partial charge >= 0.3 is 0 Å². The minimum atomic E-state index is -0.778. The predicted octanol–water partition coefficient (Wildman–Crippen LogP) is 6.10. The number of rotatable bonds is 8. The molecule has 5 aromatic carbocycles. The minimum absolute atomic E-state index is 0.203. The molecule has 0 aliphatic carbocycles. The Balaban J connectivity index is 0.000000202. The zero-order valence-corrected chi connectivity index (χ0v) is 25.4. The molecule has 0 amide bonds. The SMILES string of the molecule is BC(c1ccccc1)c1ccccc1.CCc1cccc([SiH2]C(c2ccccc2)(c2ccccc2)n2ccnc2)c1. The lowest BCUT2D eigenvalue weighted by atomic mass is 9.76. The number of hydrogen-bond donors (Lipinski definition) is 0. The number of aromatic nitrogens is 2. The van der Waals surface area contributed by atoms with E-state index in [9.17, 15) is 0 Å². The van der Waals surface area contributed by atoms with Crippen molar-refractivity contribution in [2.45, 2.75) is 24.3 Å². The van der Waals surface area contributed by atoms with Gasteiger partial charge in [-0.15, -0.1) is 0 Å². The smallest absolute Gasteiger partial charge is 0.116 e. The topological polar surface area (TPSA) is 17.8 Å². The van der Waals surface area contributed by atoms with Crippen molar-refractivity contribution in [1.82, 2.24) is 9.55 Å². The Morgan fingerprint density at radius 1 is 0.683 bits per heavy atom. The third kappa shape index (κ3) is 6.67. The van der Waals surface area contributed by atoms with Gasteiger partial charge in [0, 0.05) is 12.4 Å². The maximum absolute atomic E-state index is 4.40. The van der Waals surface area contributed by atoms with Crippen molar-refractivity contribution >= 4 is 22.6 Å². The normalized spacial score (nSPS) is 11.4. The molecule has 0 saturated carbocycles. The molecular formula is C37H37BN2Si. The van der Waals surface area contributed by atoms with Crippen LogP contribution in [0.2, 0.25) is 0 Å². The lowest BCUT2D eigenvalue weighted by Crippen LogP contribution is -2.46. The van der Waals surface area contributed by atoms with E-state index in [1.807, 2.05) is 12.5 Å². The molecule has 0 aliphatic heterocycles. The summed E-state index contributed by atoms with van der Waals surface area (Å²) in [6.45, 7) is 2.22. The summed E-state index contributed by atoms with van der Waals surface area (Å²) in [7, 11) is 1.46. The van der Waals surface area contributed by atoms with Crippen LogP contribution in [0.1, 0.15) is 40.6 Å². The first-order valence-electron chi connectivity index (χ1n) is 14.5. The molecule has 0 aliphatic rings. The third-order valence-electron chi connectivity index (χ3n) is 7.91. The molecule has 0 unspecified atom stereocenters. The van der Waals surface area contributed by atoms with Crippen molar-refractivity contribution in [3.05, 3.63) is 192 Å². The highest BCUT2D eigenvalue weighted by Gasteiger charge is 2.36. The van der Waals surface area contributed by atoms with Gasteiger partial charge < -0.3 is 4.57 Å². The molecular weight excluding hydrogens is 511 g/mol. The molecule has 0 radical (unpaired) electrons. The predicted molar refractivity (Wildman–Crippen MR) is 179 cm³/mol. The highest BCUT2D eigenvalue weighted by Crippen LogP contribution is 2.33. The first kappa shape index (κ1) is 28.1. The lowest BCUT2D eigenvalue weighted by molar-refractivity contribution is 0.596. The molecule has 0 fully saturated rings. The van der Waals surface area contributed by atoms with Crippen LogP contribution in [-0.4, -0.2) is 26.9 Å². The number of hydrogen-bond acceptors (Lipinski definition) is 1. The van der Waals surface area contributed by atoms with Crippen molar-refractivity contribution in [2.24, 2.45) is 0 Å². The first-order chi connectivity index (χ1) is 20.2. The van der Waals surface area contributed by atoms with Crippen LogP contribution in [0, 0.1) is 0 Å². The van der Waals surface area contributed by atoms with Crippen LogP contribution in [0.5, 0.6) is 0 Å². The molecule has 6 rings (SSSR count). The first-order valence-corrected chi connectivity index (χ1v) is 15.9. The van der Waals surface area contributed by atoms with Gasteiger partial charge in [0.15, 0.2) is 0 Å². The summed E-state index contributed by atoms with van der Waals surface area (Å²) >= 11 is 0. The fourth-order valence-electron chi connectivity index (χ4n) is 5.60. The Morgan fingerprint density at radius 3 is 1.66 bits per heavy atom. The van der Waals surface area contributed by atoms with Crippen molar-refractivity contribution in [3.8, 4) is 0 Å². The third-order valence-corrected chi connectivity index (χ3v) is 10.4. The van der Waals surface area contributed by atoms with E-state index in [4.69, 9.17) is 0 Å². The Labute approximate surface area is 248 Å². The Morgan fingerprint density at radius 2 is 1.20 bits per heavy atom. The van der Waals surface area contributed by atoms with Crippen LogP contribution in [-0.2, 0) is 11.6 Å². The van der Waals surface area contributed by atoms with E-state index in [0.29, 0.717) is 5.82 Å². The quantitative estimate of drug-likeness (QED) is 0.210. The second-order valence-corrected chi connectivity index (χ2v) is 12.6. The fourth-order valence-corrected chi connectivity index (χ4v) is 8.06. The average molecular weight is 549 g/mol. The molecule has 0 bridgehead atoms. The molecule has 1 heterocycles. The van der Waals surface area contributed by atoms with Crippen molar-refractivity contribution < 1.29 is 0 Å². The maximum atomic E-state index is 4.40. The standard InChI is InChI=1S/C24H24N2Si.C13H13B/c1-2-20-10-9-15-23(18-20)27-24(26-17-16-25-19-26,21-11-5-3-6-12-21)22-13-7-4-8-14-22;14-13(11-7-3-1-4-8-11)12-9-5-2-6-10-12/h3-19H,2,27H2,1H3;1-10,13H,14H2. The Hall–Kier alpha value is -4.41. The lowest BCUT2D eigenvalue weighted by Gasteiger charge is -2.37. The number of aryl methyl sites for hydroxylation is 1. The van der Waals surface area contributed by atoms with E-state index in [1.54, 1.807) is 0 Å². The summed E-state index contributed by atoms with van der Waals surface area (Å²) in [5, 5.41) is 1.27. The van der Waals surface area contributed by atoms with Gasteiger partial charge in [-0.1, -0.05) is 158 Å². The van der Waals surface area contributed by atoms with E-state index in [0.717, 1.165) is 6.42 Å². The summed E-state index contributed by atoms with van der Waals surface area (Å²) in [6.07, 6.45) is 7.03. The fraction of sp³-hybridized carbons (Fsp3) is 0.108. The number of imidazole rings is 1. The van der Waals surface area contributed by atoms with Crippen LogP contribution >= 0.6 is 0 Å². The van der Waals surface area contributed by atoms with Crippen molar-refractivity contribution in [1.29, 1.82) is 0 Å². The highest BCUT2D eigenvalue weighted by atomic mass is 28.2. The Kier molecular flexibility index (Phi) is 9.46. The van der Waals surface area contributed by atoms with Gasteiger partial charge in [-0.3, -0.25) is 0 Å². The molecule has 0 spiro atoms.